The van der Waals surface area contributed by atoms with Crippen LogP contribution in [0, 0.1) is 6.92 Å². The van der Waals surface area contributed by atoms with Crippen molar-refractivity contribution in [2.24, 2.45) is 7.05 Å². The standard InChI is InChI=1S/C13H14N4O3S.CH4/c1-8-10(5-4-9(6-18)11(8)21-20-3)12(19)16-13-14-7-15-17(13)2;/h4-7H,1-3H3,(H,14,15,16,19);1H4. The second kappa shape index (κ2) is 7.71. The van der Waals surface area contributed by atoms with Gasteiger partial charge in [0.15, 0.2) is 6.29 Å². The van der Waals surface area contributed by atoms with Gasteiger partial charge in [0.25, 0.3) is 5.91 Å². The molecular formula is C14H18N4O3S. The maximum absolute atomic E-state index is 12.3. The molecule has 0 aliphatic heterocycles. The van der Waals surface area contributed by atoms with Crippen LogP contribution >= 0.6 is 12.0 Å². The molecule has 0 atom stereocenters. The van der Waals surface area contributed by atoms with Gasteiger partial charge in [-0.15, -0.1) is 0 Å². The molecule has 1 amide bonds. The summed E-state index contributed by atoms with van der Waals surface area (Å²) in [6, 6.07) is 3.19. The molecule has 2 aromatic rings. The first kappa shape index (κ1) is 17.9. The van der Waals surface area contributed by atoms with Gasteiger partial charge in [-0.05, 0) is 24.6 Å². The van der Waals surface area contributed by atoms with E-state index in [2.05, 4.69) is 15.4 Å². The maximum Gasteiger partial charge on any atom is 0.258 e. The molecule has 0 bridgehead atoms. The van der Waals surface area contributed by atoms with Crippen molar-refractivity contribution in [3.05, 3.63) is 35.2 Å². The molecule has 0 radical (unpaired) electrons. The Morgan fingerprint density at radius 2 is 2.18 bits per heavy atom. The van der Waals surface area contributed by atoms with Crippen molar-refractivity contribution in [2.75, 3.05) is 12.4 Å². The Morgan fingerprint density at radius 1 is 1.45 bits per heavy atom. The molecule has 0 fully saturated rings. The van der Waals surface area contributed by atoms with E-state index < -0.39 is 0 Å². The highest BCUT2D eigenvalue weighted by atomic mass is 32.2. The van der Waals surface area contributed by atoms with E-state index in [4.69, 9.17) is 4.18 Å². The number of aryl methyl sites for hydroxylation is 1. The number of hydrogen-bond acceptors (Lipinski definition) is 6. The molecule has 0 saturated carbocycles. The number of aldehydes is 1. The molecule has 7 nitrogen and oxygen atoms in total. The lowest BCUT2D eigenvalue weighted by molar-refractivity contribution is 0.102. The van der Waals surface area contributed by atoms with Gasteiger partial charge in [0.05, 0.1) is 7.11 Å². The van der Waals surface area contributed by atoms with Crippen LogP contribution in [0.25, 0.3) is 0 Å². The van der Waals surface area contributed by atoms with Crippen LogP contribution in [0.15, 0.2) is 23.4 Å². The summed E-state index contributed by atoms with van der Waals surface area (Å²) in [6.07, 6.45) is 2.09. The smallest absolute Gasteiger partial charge is 0.258 e. The number of amides is 1. The highest BCUT2D eigenvalue weighted by Crippen LogP contribution is 2.28. The largest absolute Gasteiger partial charge is 0.314 e. The number of nitrogens with zero attached hydrogens (tertiary/aromatic N) is 3. The van der Waals surface area contributed by atoms with Crippen LogP contribution in [0.4, 0.5) is 5.95 Å². The zero-order valence-corrected chi connectivity index (χ0v) is 12.6. The molecule has 0 unspecified atom stereocenters. The van der Waals surface area contributed by atoms with Gasteiger partial charge in [0.1, 0.15) is 6.33 Å². The highest BCUT2D eigenvalue weighted by molar-refractivity contribution is 7.94. The Kier molecular flexibility index (Phi) is 6.26. The third kappa shape index (κ3) is 3.52. The summed E-state index contributed by atoms with van der Waals surface area (Å²) in [6.45, 7) is 1.76. The third-order valence-corrected chi connectivity index (χ3v) is 3.79. The van der Waals surface area contributed by atoms with Crippen LogP contribution in [0.1, 0.15) is 33.7 Å². The van der Waals surface area contributed by atoms with Crippen molar-refractivity contribution in [1.82, 2.24) is 14.8 Å². The first-order valence-electron chi connectivity index (χ1n) is 6.03. The summed E-state index contributed by atoms with van der Waals surface area (Å²) in [5.74, 6) is 0.0267. The van der Waals surface area contributed by atoms with Gasteiger partial charge in [0.2, 0.25) is 5.95 Å². The minimum atomic E-state index is -0.320. The van der Waals surface area contributed by atoms with E-state index in [-0.39, 0.29) is 13.3 Å². The molecule has 1 N–H and O–H groups in total. The average molecular weight is 322 g/mol. The predicted molar refractivity (Wildman–Crippen MR) is 85.1 cm³/mol. The number of anilines is 1. The van der Waals surface area contributed by atoms with E-state index in [1.165, 1.54) is 18.1 Å². The zero-order valence-electron chi connectivity index (χ0n) is 11.8. The molecule has 0 spiro atoms. The number of hydrogen-bond donors (Lipinski definition) is 1. The van der Waals surface area contributed by atoms with Crippen LogP contribution < -0.4 is 5.32 Å². The number of carbonyl (C=O) groups is 2. The molecule has 118 valence electrons. The monoisotopic (exact) mass is 322 g/mol. The molecule has 1 aromatic heterocycles. The van der Waals surface area contributed by atoms with Crippen molar-refractivity contribution in [2.45, 2.75) is 19.2 Å². The molecule has 0 saturated heterocycles. The molecule has 1 aromatic carbocycles. The zero-order chi connectivity index (χ0) is 15.4. The van der Waals surface area contributed by atoms with Gasteiger partial charge in [-0.2, -0.15) is 10.1 Å². The summed E-state index contributed by atoms with van der Waals surface area (Å²) >= 11 is 1.05. The van der Waals surface area contributed by atoms with E-state index in [1.54, 1.807) is 26.1 Å². The molecule has 1 heterocycles. The van der Waals surface area contributed by atoms with Crippen molar-refractivity contribution in [3.63, 3.8) is 0 Å². The summed E-state index contributed by atoms with van der Waals surface area (Å²) in [7, 11) is 3.18. The SMILES string of the molecule is C.COSc1c(C=O)ccc(C(=O)Nc2ncnn2C)c1C. The molecule has 8 heteroatoms. The maximum atomic E-state index is 12.3. The van der Waals surface area contributed by atoms with Crippen molar-refractivity contribution in [3.8, 4) is 0 Å². The molecule has 2 rings (SSSR count). The number of nitrogens with one attached hydrogen (secondary N) is 1. The summed E-state index contributed by atoms with van der Waals surface area (Å²) in [4.78, 5) is 27.9. The van der Waals surface area contributed by atoms with Crippen LogP contribution in [0.2, 0.25) is 0 Å². The van der Waals surface area contributed by atoms with Gasteiger partial charge >= 0.3 is 0 Å². The lowest BCUT2D eigenvalue weighted by Crippen LogP contribution is -2.17. The van der Waals surface area contributed by atoms with Crippen LogP contribution in [-0.4, -0.2) is 34.1 Å². The van der Waals surface area contributed by atoms with Crippen molar-refractivity contribution >= 4 is 30.2 Å². The topological polar surface area (TPSA) is 86.1 Å². The normalized spacial score (nSPS) is 9.95. The second-order valence-electron chi connectivity index (χ2n) is 4.19. The van der Waals surface area contributed by atoms with E-state index >= 15 is 0 Å². The van der Waals surface area contributed by atoms with Crippen LogP contribution in [0.3, 0.4) is 0 Å². The number of carbonyl (C=O) groups excluding carboxylic acids is 2. The second-order valence-corrected chi connectivity index (χ2v) is 5.09. The summed E-state index contributed by atoms with van der Waals surface area (Å²) in [5.41, 5.74) is 1.60. The number of rotatable bonds is 5. The minimum absolute atomic E-state index is 0. The van der Waals surface area contributed by atoms with E-state index in [0.717, 1.165) is 18.3 Å². The fourth-order valence-corrected chi connectivity index (χ4v) is 2.44. The van der Waals surface area contributed by atoms with Crippen molar-refractivity contribution < 1.29 is 13.8 Å². The number of benzene rings is 1. The Bertz CT molecular complexity index is 685. The van der Waals surface area contributed by atoms with E-state index in [9.17, 15) is 9.59 Å². The Hall–Kier alpha value is -2.19. The Labute approximate surface area is 133 Å². The fraction of sp³-hybridized carbons (Fsp3) is 0.286. The van der Waals surface area contributed by atoms with Gasteiger partial charge < -0.3 is 4.18 Å². The van der Waals surface area contributed by atoms with Crippen molar-refractivity contribution in [1.29, 1.82) is 0 Å². The fourth-order valence-electron chi connectivity index (χ4n) is 1.82. The van der Waals surface area contributed by atoms with Gasteiger partial charge in [0, 0.05) is 35.1 Å². The van der Waals surface area contributed by atoms with E-state index in [0.29, 0.717) is 27.5 Å². The first-order chi connectivity index (χ1) is 10.1. The van der Waals surface area contributed by atoms with Crippen LogP contribution in [0.5, 0.6) is 0 Å². The van der Waals surface area contributed by atoms with Gasteiger partial charge in [-0.1, -0.05) is 7.43 Å². The molecule has 0 aliphatic rings. The summed E-state index contributed by atoms with van der Waals surface area (Å²) < 4.78 is 6.47. The highest BCUT2D eigenvalue weighted by Gasteiger charge is 2.17. The average Bonchev–Trinajstić information content (AvgIpc) is 2.86. The Balaban J connectivity index is 0.00000242. The lowest BCUT2D eigenvalue weighted by Gasteiger charge is -2.12. The quantitative estimate of drug-likeness (QED) is 0.672. The lowest BCUT2D eigenvalue weighted by atomic mass is 10.0. The number of aromatic nitrogens is 3. The van der Waals surface area contributed by atoms with Gasteiger partial charge in [-0.25, -0.2) is 4.68 Å². The molecule has 0 aliphatic carbocycles. The van der Waals surface area contributed by atoms with Gasteiger partial charge in [-0.3, -0.25) is 14.9 Å². The van der Waals surface area contributed by atoms with E-state index in [1.807, 2.05) is 0 Å². The first-order valence-corrected chi connectivity index (χ1v) is 6.77. The minimum Gasteiger partial charge on any atom is -0.314 e. The molecular weight excluding hydrogens is 304 g/mol. The Morgan fingerprint density at radius 3 is 2.73 bits per heavy atom. The predicted octanol–water partition coefficient (Wildman–Crippen LogP) is 2.48. The summed E-state index contributed by atoms with van der Waals surface area (Å²) in [5, 5.41) is 6.55. The third-order valence-electron chi connectivity index (χ3n) is 2.91. The molecule has 22 heavy (non-hydrogen) atoms. The van der Waals surface area contributed by atoms with Crippen LogP contribution in [-0.2, 0) is 11.2 Å².